The molecule has 0 unspecified atom stereocenters. The lowest BCUT2D eigenvalue weighted by Crippen LogP contribution is -2.36. The molecule has 0 aliphatic rings. The van der Waals surface area contributed by atoms with Crippen LogP contribution in [-0.4, -0.2) is 35.6 Å². The van der Waals surface area contributed by atoms with E-state index in [-0.39, 0.29) is 12.3 Å². The molecule has 3 aromatic rings. The molecule has 6 nitrogen and oxygen atoms in total. The Hall–Kier alpha value is -3.49. The van der Waals surface area contributed by atoms with Gasteiger partial charge in [0.2, 0.25) is 0 Å². The van der Waals surface area contributed by atoms with E-state index in [9.17, 15) is 13.2 Å². The SMILES string of the molecule is CN=C(NCc1ccccc1Cn1cccn1)NCc1ccccc1OCC(F)(F)F. The van der Waals surface area contributed by atoms with Crippen molar-refractivity contribution in [2.75, 3.05) is 13.7 Å². The molecular formula is C22H24F3N5O. The van der Waals surface area contributed by atoms with Gasteiger partial charge < -0.3 is 15.4 Å². The maximum absolute atomic E-state index is 12.5. The van der Waals surface area contributed by atoms with E-state index >= 15 is 0 Å². The van der Waals surface area contributed by atoms with Crippen LogP contribution in [0, 0.1) is 0 Å². The van der Waals surface area contributed by atoms with Crippen LogP contribution in [0.1, 0.15) is 16.7 Å². The molecule has 0 saturated heterocycles. The highest BCUT2D eigenvalue weighted by molar-refractivity contribution is 5.79. The van der Waals surface area contributed by atoms with Gasteiger partial charge in [0.25, 0.3) is 0 Å². The molecule has 0 spiro atoms. The fourth-order valence-corrected chi connectivity index (χ4v) is 2.98. The van der Waals surface area contributed by atoms with Crippen LogP contribution in [-0.2, 0) is 19.6 Å². The van der Waals surface area contributed by atoms with Gasteiger partial charge in [-0.25, -0.2) is 0 Å². The quantitative estimate of drug-likeness (QED) is 0.421. The van der Waals surface area contributed by atoms with Gasteiger partial charge in [-0.15, -0.1) is 0 Å². The Bertz CT molecular complexity index is 987. The van der Waals surface area contributed by atoms with Crippen LogP contribution in [0.2, 0.25) is 0 Å². The first-order valence-electron chi connectivity index (χ1n) is 9.71. The third kappa shape index (κ3) is 7.06. The predicted molar refractivity (Wildman–Crippen MR) is 113 cm³/mol. The number of alkyl halides is 3. The fourth-order valence-electron chi connectivity index (χ4n) is 2.98. The van der Waals surface area contributed by atoms with Crippen molar-refractivity contribution < 1.29 is 17.9 Å². The van der Waals surface area contributed by atoms with Crippen LogP contribution < -0.4 is 15.4 Å². The summed E-state index contributed by atoms with van der Waals surface area (Å²) in [6.45, 7) is 0.122. The summed E-state index contributed by atoms with van der Waals surface area (Å²) in [7, 11) is 1.64. The Morgan fingerprint density at radius 1 is 0.968 bits per heavy atom. The molecule has 0 radical (unpaired) electrons. The van der Waals surface area contributed by atoms with Gasteiger partial charge >= 0.3 is 6.18 Å². The number of hydrogen-bond acceptors (Lipinski definition) is 3. The smallest absolute Gasteiger partial charge is 0.422 e. The molecule has 2 aromatic carbocycles. The third-order valence-corrected chi connectivity index (χ3v) is 4.49. The Labute approximate surface area is 178 Å². The second-order valence-corrected chi connectivity index (χ2v) is 6.76. The van der Waals surface area contributed by atoms with Crippen molar-refractivity contribution >= 4 is 5.96 Å². The molecule has 0 saturated carbocycles. The number of nitrogens with zero attached hydrogens (tertiary/aromatic N) is 3. The first kappa shape index (κ1) is 22.2. The van der Waals surface area contributed by atoms with E-state index in [2.05, 4.69) is 20.7 Å². The molecule has 1 heterocycles. The summed E-state index contributed by atoms with van der Waals surface area (Å²) in [6, 6.07) is 16.5. The highest BCUT2D eigenvalue weighted by Crippen LogP contribution is 2.22. The molecule has 0 aliphatic carbocycles. The van der Waals surface area contributed by atoms with Gasteiger partial charge in [-0.1, -0.05) is 42.5 Å². The van der Waals surface area contributed by atoms with Crippen LogP contribution in [0.3, 0.4) is 0 Å². The summed E-state index contributed by atoms with van der Waals surface area (Å²) >= 11 is 0. The molecule has 0 aliphatic heterocycles. The van der Waals surface area contributed by atoms with Gasteiger partial charge in [0.15, 0.2) is 12.6 Å². The summed E-state index contributed by atoms with van der Waals surface area (Å²) in [5.74, 6) is 0.715. The molecule has 0 fully saturated rings. The fraction of sp³-hybridized carbons (Fsp3) is 0.273. The maximum Gasteiger partial charge on any atom is 0.422 e. The summed E-state index contributed by atoms with van der Waals surface area (Å²) in [6.07, 6.45) is -0.742. The zero-order valence-electron chi connectivity index (χ0n) is 17.1. The van der Waals surface area contributed by atoms with Crippen molar-refractivity contribution in [3.63, 3.8) is 0 Å². The van der Waals surface area contributed by atoms with Crippen LogP contribution in [0.15, 0.2) is 72.0 Å². The minimum atomic E-state index is -4.39. The molecule has 9 heteroatoms. The van der Waals surface area contributed by atoms with E-state index in [0.717, 1.165) is 11.1 Å². The van der Waals surface area contributed by atoms with Crippen LogP contribution in [0.4, 0.5) is 13.2 Å². The van der Waals surface area contributed by atoms with Crippen molar-refractivity contribution in [1.82, 2.24) is 20.4 Å². The molecule has 31 heavy (non-hydrogen) atoms. The second-order valence-electron chi connectivity index (χ2n) is 6.76. The topological polar surface area (TPSA) is 63.5 Å². The molecule has 3 rings (SSSR count). The van der Waals surface area contributed by atoms with Gasteiger partial charge in [-0.2, -0.15) is 18.3 Å². The van der Waals surface area contributed by atoms with E-state index in [4.69, 9.17) is 4.74 Å². The second kappa shape index (κ2) is 10.5. The average Bonchev–Trinajstić information content (AvgIpc) is 3.26. The number of halogens is 3. The average molecular weight is 431 g/mol. The van der Waals surface area contributed by atoms with Gasteiger partial charge in [0, 0.05) is 38.1 Å². The highest BCUT2D eigenvalue weighted by Gasteiger charge is 2.28. The van der Waals surface area contributed by atoms with Crippen molar-refractivity contribution in [3.8, 4) is 5.75 Å². The summed E-state index contributed by atoms with van der Waals surface area (Å²) < 4.78 is 44.2. The van der Waals surface area contributed by atoms with Crippen molar-refractivity contribution in [1.29, 1.82) is 0 Å². The van der Waals surface area contributed by atoms with E-state index < -0.39 is 12.8 Å². The number of rotatable bonds is 8. The monoisotopic (exact) mass is 431 g/mol. The van der Waals surface area contributed by atoms with Crippen LogP contribution in [0.5, 0.6) is 5.75 Å². The Morgan fingerprint density at radius 3 is 2.26 bits per heavy atom. The lowest BCUT2D eigenvalue weighted by atomic mass is 10.1. The van der Waals surface area contributed by atoms with Crippen molar-refractivity contribution in [3.05, 3.63) is 83.7 Å². The van der Waals surface area contributed by atoms with Gasteiger partial charge in [0.05, 0.1) is 6.54 Å². The normalized spacial score (nSPS) is 11.9. The van der Waals surface area contributed by atoms with Gasteiger partial charge in [-0.3, -0.25) is 9.67 Å². The number of para-hydroxylation sites is 1. The van der Waals surface area contributed by atoms with E-state index in [1.54, 1.807) is 31.4 Å². The zero-order valence-corrected chi connectivity index (χ0v) is 17.1. The number of ether oxygens (including phenoxy) is 1. The number of aliphatic imine (C=N–C) groups is 1. The highest BCUT2D eigenvalue weighted by atomic mass is 19.4. The molecule has 164 valence electrons. The minimum Gasteiger partial charge on any atom is -0.484 e. The van der Waals surface area contributed by atoms with E-state index in [0.29, 0.717) is 24.6 Å². The Balaban J connectivity index is 1.58. The molecular weight excluding hydrogens is 407 g/mol. The van der Waals surface area contributed by atoms with Crippen molar-refractivity contribution in [2.45, 2.75) is 25.8 Å². The van der Waals surface area contributed by atoms with Crippen molar-refractivity contribution in [2.24, 2.45) is 4.99 Å². The molecule has 2 N–H and O–H groups in total. The molecule has 0 bridgehead atoms. The lowest BCUT2D eigenvalue weighted by molar-refractivity contribution is -0.153. The Kier molecular flexibility index (Phi) is 7.53. The first-order valence-corrected chi connectivity index (χ1v) is 9.71. The third-order valence-electron chi connectivity index (χ3n) is 4.49. The summed E-state index contributed by atoms with van der Waals surface area (Å²) in [5.41, 5.74) is 2.82. The lowest BCUT2D eigenvalue weighted by Gasteiger charge is -2.16. The number of guanidine groups is 1. The standard InChI is InChI=1S/C22H24F3N5O/c1-26-21(28-14-18-8-4-5-10-20(18)31-16-22(23,24)25)27-13-17-7-2-3-9-19(17)15-30-12-6-11-29-30/h2-12H,13-16H2,1H3,(H2,26,27,28). The molecule has 0 atom stereocenters. The minimum absolute atomic E-state index is 0.187. The number of nitrogens with one attached hydrogen (secondary N) is 2. The predicted octanol–water partition coefficient (Wildman–Crippen LogP) is 3.74. The molecule has 0 amide bonds. The zero-order chi connectivity index (χ0) is 22.1. The van der Waals surface area contributed by atoms with Gasteiger partial charge in [-0.05, 0) is 23.3 Å². The van der Waals surface area contributed by atoms with Crippen LogP contribution >= 0.6 is 0 Å². The number of hydrogen-bond donors (Lipinski definition) is 2. The summed E-state index contributed by atoms with van der Waals surface area (Å²) in [4.78, 5) is 4.19. The van der Waals surface area contributed by atoms with E-state index in [1.807, 2.05) is 41.2 Å². The maximum atomic E-state index is 12.5. The van der Waals surface area contributed by atoms with Crippen LogP contribution in [0.25, 0.3) is 0 Å². The molecule has 1 aromatic heterocycles. The largest absolute Gasteiger partial charge is 0.484 e. The number of aromatic nitrogens is 2. The summed E-state index contributed by atoms with van der Waals surface area (Å²) in [5, 5.41) is 10.6. The van der Waals surface area contributed by atoms with E-state index in [1.165, 1.54) is 6.07 Å². The number of benzene rings is 2. The Morgan fingerprint density at radius 2 is 1.61 bits per heavy atom. The first-order chi connectivity index (χ1) is 14.9. The van der Waals surface area contributed by atoms with Gasteiger partial charge in [0.1, 0.15) is 5.75 Å².